The molecule has 2 atom stereocenters. The maximum atomic E-state index is 9.83. The molecule has 0 aliphatic heterocycles. The lowest BCUT2D eigenvalue weighted by Gasteiger charge is -2.21. The summed E-state index contributed by atoms with van der Waals surface area (Å²) in [5, 5.41) is 28.3. The quantitative estimate of drug-likeness (QED) is 0.585. The van der Waals surface area contributed by atoms with Gasteiger partial charge in [-0.15, -0.1) is 0 Å². The van der Waals surface area contributed by atoms with Crippen molar-refractivity contribution in [3.63, 3.8) is 0 Å². The summed E-state index contributed by atoms with van der Waals surface area (Å²) in [6, 6.07) is 3.80. The predicted octanol–water partition coefficient (Wildman–Crippen LogP) is 1.50. The standard InChI is InChI=1S/C12H19NO3/c1-7(2)5-11(16)12(13)8-3-4-9(14)10(15)6-8/h3-4,6-7,11-12,14-16H,5,13H2,1-2H3/t11-,12+/m1/s1. The number of aromatic hydroxyl groups is 2. The lowest BCUT2D eigenvalue weighted by Crippen LogP contribution is -2.27. The van der Waals surface area contributed by atoms with Gasteiger partial charge in [-0.2, -0.15) is 0 Å². The zero-order chi connectivity index (χ0) is 12.3. The molecule has 0 radical (unpaired) electrons. The van der Waals surface area contributed by atoms with Gasteiger partial charge in [-0.3, -0.25) is 0 Å². The van der Waals surface area contributed by atoms with Gasteiger partial charge >= 0.3 is 0 Å². The van der Waals surface area contributed by atoms with Crippen molar-refractivity contribution < 1.29 is 15.3 Å². The van der Waals surface area contributed by atoms with Crippen molar-refractivity contribution in [2.24, 2.45) is 11.7 Å². The van der Waals surface area contributed by atoms with Crippen LogP contribution in [0.3, 0.4) is 0 Å². The number of phenolic OH excluding ortho intramolecular Hbond substituents is 2. The maximum absolute atomic E-state index is 9.83. The average Bonchev–Trinajstić information content (AvgIpc) is 2.20. The lowest BCUT2D eigenvalue weighted by molar-refractivity contribution is 0.121. The smallest absolute Gasteiger partial charge is 0.157 e. The summed E-state index contributed by atoms with van der Waals surface area (Å²) in [7, 11) is 0. The SMILES string of the molecule is CC(C)C[C@@H](O)[C@@H](N)c1ccc(O)c(O)c1. The molecule has 0 aliphatic rings. The molecular formula is C12H19NO3. The molecule has 1 rings (SSSR count). The second-order valence-corrected chi connectivity index (χ2v) is 4.47. The molecule has 0 amide bonds. The molecule has 0 heterocycles. The van der Waals surface area contributed by atoms with Crippen LogP contribution in [0.4, 0.5) is 0 Å². The zero-order valence-electron chi connectivity index (χ0n) is 9.59. The van der Waals surface area contributed by atoms with Crippen LogP contribution in [0.1, 0.15) is 31.9 Å². The Morgan fingerprint density at radius 1 is 1.19 bits per heavy atom. The third-order valence-corrected chi connectivity index (χ3v) is 2.51. The number of nitrogens with two attached hydrogens (primary N) is 1. The molecule has 0 spiro atoms. The number of aliphatic hydroxyl groups excluding tert-OH is 1. The first-order valence-electron chi connectivity index (χ1n) is 5.37. The predicted molar refractivity (Wildman–Crippen MR) is 62.2 cm³/mol. The van der Waals surface area contributed by atoms with Gasteiger partial charge in [0.15, 0.2) is 11.5 Å². The lowest BCUT2D eigenvalue weighted by atomic mass is 9.95. The Balaban J connectivity index is 2.79. The molecule has 16 heavy (non-hydrogen) atoms. The van der Waals surface area contributed by atoms with Crippen LogP contribution >= 0.6 is 0 Å². The van der Waals surface area contributed by atoms with E-state index in [1.54, 1.807) is 6.07 Å². The van der Waals surface area contributed by atoms with Crippen LogP contribution in [0.25, 0.3) is 0 Å². The van der Waals surface area contributed by atoms with Gasteiger partial charge in [0, 0.05) is 0 Å². The van der Waals surface area contributed by atoms with Crippen molar-refractivity contribution in [2.45, 2.75) is 32.4 Å². The first-order valence-corrected chi connectivity index (χ1v) is 5.37. The van der Waals surface area contributed by atoms with E-state index in [0.29, 0.717) is 17.9 Å². The van der Waals surface area contributed by atoms with Crippen LogP contribution in [0.5, 0.6) is 11.5 Å². The number of hydrogen-bond donors (Lipinski definition) is 4. The molecule has 0 aliphatic carbocycles. The summed E-state index contributed by atoms with van der Waals surface area (Å²) in [5.74, 6) is -0.0502. The molecular weight excluding hydrogens is 206 g/mol. The van der Waals surface area contributed by atoms with Crippen molar-refractivity contribution in [1.29, 1.82) is 0 Å². The van der Waals surface area contributed by atoms with E-state index >= 15 is 0 Å². The average molecular weight is 225 g/mol. The number of hydrogen-bond acceptors (Lipinski definition) is 4. The first kappa shape index (κ1) is 12.8. The Bertz CT molecular complexity index is 352. The Morgan fingerprint density at radius 2 is 1.81 bits per heavy atom. The van der Waals surface area contributed by atoms with Crippen LogP contribution in [0.15, 0.2) is 18.2 Å². The molecule has 4 heteroatoms. The van der Waals surface area contributed by atoms with E-state index in [9.17, 15) is 10.2 Å². The maximum Gasteiger partial charge on any atom is 0.157 e. The molecule has 0 unspecified atom stereocenters. The van der Waals surface area contributed by atoms with Crippen molar-refractivity contribution in [3.05, 3.63) is 23.8 Å². The third kappa shape index (κ3) is 3.12. The summed E-state index contributed by atoms with van der Waals surface area (Å²) >= 11 is 0. The number of aliphatic hydroxyl groups is 1. The topological polar surface area (TPSA) is 86.7 Å². The number of benzene rings is 1. The van der Waals surface area contributed by atoms with Crippen molar-refractivity contribution in [1.82, 2.24) is 0 Å². The highest BCUT2D eigenvalue weighted by Crippen LogP contribution is 2.29. The molecule has 1 aromatic carbocycles. The van der Waals surface area contributed by atoms with Gasteiger partial charge in [-0.05, 0) is 30.0 Å². The van der Waals surface area contributed by atoms with Crippen molar-refractivity contribution in [3.8, 4) is 11.5 Å². The highest BCUT2D eigenvalue weighted by molar-refractivity contribution is 5.41. The second kappa shape index (κ2) is 5.18. The Kier molecular flexibility index (Phi) is 4.15. The van der Waals surface area contributed by atoms with Crippen LogP contribution in [-0.4, -0.2) is 21.4 Å². The van der Waals surface area contributed by atoms with E-state index in [0.717, 1.165) is 0 Å². The van der Waals surface area contributed by atoms with Crippen LogP contribution in [-0.2, 0) is 0 Å². The fourth-order valence-corrected chi connectivity index (χ4v) is 1.60. The summed E-state index contributed by atoms with van der Waals surface area (Å²) in [5.41, 5.74) is 6.48. The van der Waals surface area contributed by atoms with Crippen LogP contribution in [0.2, 0.25) is 0 Å². The van der Waals surface area contributed by atoms with Crippen molar-refractivity contribution in [2.75, 3.05) is 0 Å². The van der Waals surface area contributed by atoms with E-state index < -0.39 is 12.1 Å². The summed E-state index contributed by atoms with van der Waals surface area (Å²) in [4.78, 5) is 0. The van der Waals surface area contributed by atoms with Crippen molar-refractivity contribution >= 4 is 0 Å². The summed E-state index contributed by atoms with van der Waals surface area (Å²) in [6.45, 7) is 4.01. The largest absolute Gasteiger partial charge is 0.504 e. The highest BCUT2D eigenvalue weighted by atomic mass is 16.3. The first-order chi connectivity index (χ1) is 7.41. The van der Waals surface area contributed by atoms with Gasteiger partial charge in [0.1, 0.15) is 0 Å². The van der Waals surface area contributed by atoms with Gasteiger partial charge in [0.25, 0.3) is 0 Å². The van der Waals surface area contributed by atoms with Gasteiger partial charge in [-0.25, -0.2) is 0 Å². The fraction of sp³-hybridized carbons (Fsp3) is 0.500. The molecule has 4 nitrogen and oxygen atoms in total. The number of phenols is 2. The minimum atomic E-state index is -0.649. The molecule has 1 aromatic rings. The summed E-state index contributed by atoms with van der Waals surface area (Å²) < 4.78 is 0. The second-order valence-electron chi connectivity index (χ2n) is 4.47. The molecule has 5 N–H and O–H groups in total. The van der Waals surface area contributed by atoms with E-state index in [1.165, 1.54) is 12.1 Å². The third-order valence-electron chi connectivity index (χ3n) is 2.51. The van der Waals surface area contributed by atoms with E-state index in [2.05, 4.69) is 0 Å². The van der Waals surface area contributed by atoms with E-state index in [1.807, 2.05) is 13.8 Å². The Hall–Kier alpha value is -1.26. The van der Waals surface area contributed by atoms with Gasteiger partial charge in [-0.1, -0.05) is 19.9 Å². The van der Waals surface area contributed by atoms with Crippen LogP contribution in [0, 0.1) is 5.92 Å². The zero-order valence-corrected chi connectivity index (χ0v) is 9.59. The minimum absolute atomic E-state index is 0.186. The molecule has 0 fully saturated rings. The normalized spacial score (nSPS) is 15.1. The Labute approximate surface area is 95.3 Å². The molecule has 0 bridgehead atoms. The molecule has 90 valence electrons. The molecule has 0 saturated heterocycles. The number of rotatable bonds is 4. The monoisotopic (exact) mass is 225 g/mol. The summed E-state index contributed by atoms with van der Waals surface area (Å²) in [6.07, 6.45) is -0.0491. The van der Waals surface area contributed by atoms with E-state index in [-0.39, 0.29) is 11.5 Å². The van der Waals surface area contributed by atoms with Gasteiger partial charge in [0.05, 0.1) is 12.1 Å². The Morgan fingerprint density at radius 3 is 2.31 bits per heavy atom. The van der Waals surface area contributed by atoms with Crippen LogP contribution < -0.4 is 5.73 Å². The fourth-order valence-electron chi connectivity index (χ4n) is 1.60. The molecule has 0 aromatic heterocycles. The molecule has 0 saturated carbocycles. The van der Waals surface area contributed by atoms with E-state index in [4.69, 9.17) is 10.8 Å². The van der Waals surface area contributed by atoms with Gasteiger partial charge < -0.3 is 21.1 Å². The highest BCUT2D eigenvalue weighted by Gasteiger charge is 2.18. The van der Waals surface area contributed by atoms with Gasteiger partial charge in [0.2, 0.25) is 0 Å². The minimum Gasteiger partial charge on any atom is -0.504 e.